The molecule has 0 saturated heterocycles. The van der Waals surface area contributed by atoms with Crippen LogP contribution in [0.5, 0.6) is 0 Å². The smallest absolute Gasteiger partial charge is 0.0319 e. The van der Waals surface area contributed by atoms with E-state index in [1.807, 2.05) is 18.2 Å². The molecule has 0 aliphatic carbocycles. The fourth-order valence-corrected chi connectivity index (χ4v) is 4.27. The van der Waals surface area contributed by atoms with Gasteiger partial charge in [-0.1, -0.05) is 115 Å². The van der Waals surface area contributed by atoms with E-state index in [-0.39, 0.29) is 0 Å². The van der Waals surface area contributed by atoms with E-state index < -0.39 is 0 Å². The van der Waals surface area contributed by atoms with Gasteiger partial charge in [-0.15, -0.1) is 0 Å². The molecule has 5 aromatic carbocycles. The lowest BCUT2D eigenvalue weighted by Gasteiger charge is -2.17. The fraction of sp³-hybridized carbons (Fsp3) is 0.0312. The van der Waals surface area contributed by atoms with E-state index in [0.29, 0.717) is 0 Å². The Bertz CT molecular complexity index is 1270. The normalized spacial score (nSPS) is 10.1. The van der Waals surface area contributed by atoms with Crippen molar-refractivity contribution >= 4 is 21.5 Å². The zero-order valence-corrected chi connectivity index (χ0v) is 19.2. The van der Waals surface area contributed by atoms with Gasteiger partial charge in [-0.2, -0.15) is 0 Å². The zero-order chi connectivity index (χ0) is 23.6. The number of pyridine rings is 1. The van der Waals surface area contributed by atoms with Crippen LogP contribution in [0.2, 0.25) is 0 Å². The third-order valence-electron chi connectivity index (χ3n) is 5.62. The molecule has 0 saturated carbocycles. The van der Waals surface area contributed by atoms with E-state index >= 15 is 0 Å². The van der Waals surface area contributed by atoms with Crippen LogP contribution in [0.1, 0.15) is 0 Å². The van der Waals surface area contributed by atoms with Gasteiger partial charge in [0.1, 0.15) is 0 Å². The van der Waals surface area contributed by atoms with Gasteiger partial charge in [0.15, 0.2) is 0 Å². The van der Waals surface area contributed by atoms with Crippen molar-refractivity contribution in [1.29, 1.82) is 0 Å². The van der Waals surface area contributed by atoms with Crippen molar-refractivity contribution in [1.82, 2.24) is 4.98 Å². The van der Waals surface area contributed by atoms with Crippen LogP contribution in [0, 0.1) is 0 Å². The lowest BCUT2D eigenvalue weighted by molar-refractivity contribution is 0.399. The van der Waals surface area contributed by atoms with Crippen molar-refractivity contribution in [2.24, 2.45) is 0 Å². The van der Waals surface area contributed by atoms with Crippen LogP contribution in [0.25, 0.3) is 43.8 Å². The van der Waals surface area contributed by atoms with Gasteiger partial charge in [0.2, 0.25) is 0 Å². The molecule has 0 unspecified atom stereocenters. The molecule has 0 amide bonds. The van der Waals surface area contributed by atoms with Crippen molar-refractivity contribution in [3.8, 4) is 22.3 Å². The lowest BCUT2D eigenvalue weighted by Crippen LogP contribution is -1.90. The van der Waals surface area contributed by atoms with Gasteiger partial charge >= 0.3 is 0 Å². The third-order valence-corrected chi connectivity index (χ3v) is 5.62. The van der Waals surface area contributed by atoms with Crippen LogP contribution in [0.3, 0.4) is 0 Å². The molecule has 0 aliphatic heterocycles. The lowest BCUT2D eigenvalue weighted by atomic mass is 9.86. The van der Waals surface area contributed by atoms with Crippen LogP contribution in [-0.4, -0.2) is 17.2 Å². The first-order valence-corrected chi connectivity index (χ1v) is 11.3. The van der Waals surface area contributed by atoms with Gasteiger partial charge in [-0.3, -0.25) is 4.98 Å². The Morgan fingerprint density at radius 3 is 0.941 bits per heavy atom. The first-order valence-electron chi connectivity index (χ1n) is 11.3. The highest BCUT2D eigenvalue weighted by Crippen LogP contribution is 2.43. The molecule has 6 aromatic rings. The maximum atomic E-state index is 7.00. The summed E-state index contributed by atoms with van der Waals surface area (Å²) in [5.74, 6) is 0. The monoisotopic (exact) mass is 441 g/mol. The Kier molecular flexibility index (Phi) is 7.78. The predicted molar refractivity (Wildman–Crippen MR) is 145 cm³/mol. The summed E-state index contributed by atoms with van der Waals surface area (Å²) in [5.41, 5.74) is 5.16. The van der Waals surface area contributed by atoms with E-state index in [0.717, 1.165) is 7.11 Å². The highest BCUT2D eigenvalue weighted by Gasteiger charge is 2.15. The zero-order valence-electron chi connectivity index (χ0n) is 19.2. The minimum absolute atomic E-state index is 1.00. The molecule has 0 fully saturated rings. The molecule has 6 rings (SSSR count). The molecule has 0 aliphatic rings. The SMILES string of the molecule is CO.c1ccc(-c2c3ccccc3c(-c3ccccc3)c3ccccc23)cc1.c1ccncc1. The molecule has 1 aromatic heterocycles. The molecular formula is C32H27NO. The summed E-state index contributed by atoms with van der Waals surface area (Å²) >= 11 is 0. The number of hydrogen-bond acceptors (Lipinski definition) is 2. The van der Waals surface area contributed by atoms with E-state index in [4.69, 9.17) is 5.11 Å². The molecular weight excluding hydrogens is 414 g/mol. The third kappa shape index (κ3) is 4.88. The predicted octanol–water partition coefficient (Wildman–Crippen LogP) is 8.02. The number of aliphatic hydroxyl groups excluding tert-OH is 1. The van der Waals surface area contributed by atoms with E-state index in [9.17, 15) is 0 Å². The molecule has 0 spiro atoms. The summed E-state index contributed by atoms with van der Waals surface area (Å²) in [7, 11) is 1.00. The summed E-state index contributed by atoms with van der Waals surface area (Å²) in [6.07, 6.45) is 3.50. The second-order valence-electron chi connectivity index (χ2n) is 7.60. The van der Waals surface area contributed by atoms with Crippen molar-refractivity contribution in [2.45, 2.75) is 0 Å². The van der Waals surface area contributed by atoms with Gasteiger partial charge in [-0.05, 0) is 55.9 Å². The van der Waals surface area contributed by atoms with Crippen molar-refractivity contribution in [3.63, 3.8) is 0 Å². The maximum Gasteiger partial charge on any atom is 0.0319 e. The fourth-order valence-electron chi connectivity index (χ4n) is 4.27. The van der Waals surface area contributed by atoms with Gasteiger partial charge in [0.05, 0.1) is 0 Å². The van der Waals surface area contributed by atoms with Gasteiger partial charge in [0.25, 0.3) is 0 Å². The molecule has 2 nitrogen and oxygen atoms in total. The minimum atomic E-state index is 1.00. The number of nitrogens with zero attached hydrogens (tertiary/aromatic N) is 1. The molecule has 34 heavy (non-hydrogen) atoms. The van der Waals surface area contributed by atoms with Crippen LogP contribution in [0.4, 0.5) is 0 Å². The van der Waals surface area contributed by atoms with Crippen LogP contribution < -0.4 is 0 Å². The van der Waals surface area contributed by atoms with E-state index in [1.54, 1.807) is 12.4 Å². The number of benzene rings is 5. The second kappa shape index (κ2) is 11.6. The summed E-state index contributed by atoms with van der Waals surface area (Å²) in [4.78, 5) is 3.78. The number of aromatic nitrogens is 1. The quantitative estimate of drug-likeness (QED) is 0.276. The summed E-state index contributed by atoms with van der Waals surface area (Å²) < 4.78 is 0. The van der Waals surface area contributed by atoms with Crippen LogP contribution in [-0.2, 0) is 0 Å². The standard InChI is InChI=1S/C26H18.C5H5N.CH4O/c1-3-11-19(12-4-1)25-21-15-7-9-17-23(21)26(20-13-5-2-6-14-20)24-18-10-8-16-22(24)25;1-2-4-6-5-3-1;1-2/h1-18H;1-5H;2H,1H3. The van der Waals surface area contributed by atoms with Gasteiger partial charge in [-0.25, -0.2) is 0 Å². The Balaban J connectivity index is 0.000000296. The molecule has 2 heteroatoms. The molecule has 0 bridgehead atoms. The first kappa shape index (κ1) is 22.9. The van der Waals surface area contributed by atoms with E-state index in [2.05, 4.69) is 114 Å². The Hall–Kier alpha value is -4.27. The molecule has 1 heterocycles. The molecule has 166 valence electrons. The summed E-state index contributed by atoms with van der Waals surface area (Å²) in [5, 5.41) is 12.2. The average molecular weight is 442 g/mol. The summed E-state index contributed by atoms with van der Waals surface area (Å²) in [6, 6.07) is 44.7. The Labute approximate surface area is 200 Å². The van der Waals surface area contributed by atoms with Gasteiger partial charge in [0, 0.05) is 19.5 Å². The Morgan fingerprint density at radius 2 is 0.676 bits per heavy atom. The topological polar surface area (TPSA) is 33.1 Å². The van der Waals surface area contributed by atoms with E-state index in [1.165, 1.54) is 43.8 Å². The van der Waals surface area contributed by atoms with Crippen LogP contribution in [0.15, 0.2) is 140 Å². The number of rotatable bonds is 2. The highest BCUT2D eigenvalue weighted by molar-refractivity contribution is 6.21. The van der Waals surface area contributed by atoms with Crippen molar-refractivity contribution in [3.05, 3.63) is 140 Å². The molecule has 1 N–H and O–H groups in total. The number of aliphatic hydroxyl groups is 1. The van der Waals surface area contributed by atoms with Crippen molar-refractivity contribution in [2.75, 3.05) is 7.11 Å². The van der Waals surface area contributed by atoms with Gasteiger partial charge < -0.3 is 5.11 Å². The van der Waals surface area contributed by atoms with Crippen molar-refractivity contribution < 1.29 is 5.11 Å². The Morgan fingerprint density at radius 1 is 0.382 bits per heavy atom. The largest absolute Gasteiger partial charge is 0.400 e. The average Bonchev–Trinajstić information content (AvgIpc) is 2.95. The molecule has 0 atom stereocenters. The molecule has 0 radical (unpaired) electrons. The summed E-state index contributed by atoms with van der Waals surface area (Å²) in [6.45, 7) is 0. The minimum Gasteiger partial charge on any atom is -0.400 e. The first-order chi connectivity index (χ1) is 16.9. The number of hydrogen-bond donors (Lipinski definition) is 1. The van der Waals surface area contributed by atoms with Crippen LogP contribution >= 0.6 is 0 Å². The maximum absolute atomic E-state index is 7.00. The second-order valence-corrected chi connectivity index (χ2v) is 7.60. The number of fused-ring (bicyclic) bond motifs is 2. The highest BCUT2D eigenvalue weighted by atomic mass is 16.2.